The van der Waals surface area contributed by atoms with E-state index in [1.165, 1.54) is 0 Å². The van der Waals surface area contributed by atoms with Gasteiger partial charge in [-0.2, -0.15) is 0 Å². The van der Waals surface area contributed by atoms with E-state index in [-0.39, 0.29) is 44.2 Å². The molecule has 0 aliphatic rings. The maximum atomic E-state index is 11.4. The van der Waals surface area contributed by atoms with Gasteiger partial charge < -0.3 is 5.32 Å². The number of carbonyl (C=O) groups excluding carboxylic acids is 2. The molecule has 0 radical (unpaired) electrons. The van der Waals surface area contributed by atoms with Crippen LogP contribution in [-0.2, 0) is 9.59 Å². The van der Waals surface area contributed by atoms with E-state index in [0.717, 1.165) is 0 Å². The quantitative estimate of drug-likeness (QED) is 0.653. The molecule has 0 rings (SSSR count). The van der Waals surface area contributed by atoms with Gasteiger partial charge in [0.1, 0.15) is 11.6 Å². The fourth-order valence-corrected chi connectivity index (χ4v) is 1.07. The van der Waals surface area contributed by atoms with Gasteiger partial charge in [-0.05, 0) is 13.5 Å². The van der Waals surface area contributed by atoms with Crippen LogP contribution in [0.5, 0.6) is 0 Å². The van der Waals surface area contributed by atoms with E-state index in [1.807, 2.05) is 0 Å². The molecular weight excluding hydrogens is 166 g/mol. The monoisotopic (exact) mass is 187 g/mol. The summed E-state index contributed by atoms with van der Waals surface area (Å²) < 4.78 is 13.8. The smallest absolute Gasteiger partial charge is 0.149 e. The molecule has 0 aromatic rings. The Labute approximate surface area is 82.7 Å². The SMILES string of the molecule is [2H]CCC(=O)CCC(NC)C(=O)CC[2H]. The molecule has 0 aliphatic carbocycles. The van der Waals surface area contributed by atoms with Gasteiger partial charge in [-0.15, -0.1) is 0 Å². The van der Waals surface area contributed by atoms with Crippen LogP contribution in [0.1, 0.15) is 42.2 Å². The van der Waals surface area contributed by atoms with Crippen molar-refractivity contribution in [1.82, 2.24) is 5.32 Å². The van der Waals surface area contributed by atoms with E-state index >= 15 is 0 Å². The Hall–Kier alpha value is -0.700. The molecule has 13 heavy (non-hydrogen) atoms. The molecule has 1 N–H and O–H groups in total. The topological polar surface area (TPSA) is 46.2 Å². The molecule has 0 bridgehead atoms. The van der Waals surface area contributed by atoms with Crippen LogP contribution in [0.3, 0.4) is 0 Å². The van der Waals surface area contributed by atoms with E-state index < -0.39 is 0 Å². The highest BCUT2D eigenvalue weighted by Gasteiger charge is 2.14. The van der Waals surface area contributed by atoms with Crippen molar-refractivity contribution in [1.29, 1.82) is 0 Å². The molecule has 0 heterocycles. The minimum Gasteiger partial charge on any atom is -0.311 e. The highest BCUT2D eigenvalue weighted by atomic mass is 16.1. The van der Waals surface area contributed by atoms with E-state index in [1.54, 1.807) is 7.05 Å². The average molecular weight is 187 g/mol. The first kappa shape index (κ1) is 8.88. The van der Waals surface area contributed by atoms with Gasteiger partial charge in [-0.1, -0.05) is 13.8 Å². The molecule has 0 fully saturated rings. The van der Waals surface area contributed by atoms with Gasteiger partial charge in [0.2, 0.25) is 0 Å². The lowest BCUT2D eigenvalue weighted by atomic mass is 10.0. The molecule has 76 valence electrons. The summed E-state index contributed by atoms with van der Waals surface area (Å²) >= 11 is 0. The Morgan fingerprint density at radius 2 is 2.08 bits per heavy atom. The van der Waals surface area contributed by atoms with Crippen LogP contribution < -0.4 is 5.32 Å². The summed E-state index contributed by atoms with van der Waals surface area (Å²) in [6.07, 6.45) is 1.32. The van der Waals surface area contributed by atoms with Crippen LogP contribution in [0, 0.1) is 0 Å². The van der Waals surface area contributed by atoms with Crippen LogP contribution in [-0.4, -0.2) is 24.7 Å². The van der Waals surface area contributed by atoms with E-state index in [9.17, 15) is 9.59 Å². The zero-order valence-corrected chi connectivity index (χ0v) is 8.14. The third kappa shape index (κ3) is 4.78. The summed E-state index contributed by atoms with van der Waals surface area (Å²) in [4.78, 5) is 22.6. The second-order valence-corrected chi connectivity index (χ2v) is 2.88. The number of nitrogens with one attached hydrogen (secondary N) is 1. The Kier molecular flexibility index (Phi) is 4.63. The lowest BCUT2D eigenvalue weighted by Gasteiger charge is -2.12. The van der Waals surface area contributed by atoms with Crippen LogP contribution in [0.25, 0.3) is 0 Å². The van der Waals surface area contributed by atoms with Gasteiger partial charge in [0.05, 0.1) is 6.04 Å². The highest BCUT2D eigenvalue weighted by molar-refractivity contribution is 5.85. The molecule has 1 atom stereocenters. The summed E-state index contributed by atoms with van der Waals surface area (Å²) in [5, 5.41) is 2.85. The van der Waals surface area contributed by atoms with Crippen LogP contribution in [0.2, 0.25) is 0 Å². The van der Waals surface area contributed by atoms with Crippen LogP contribution >= 0.6 is 0 Å². The van der Waals surface area contributed by atoms with Crippen molar-refractivity contribution >= 4 is 11.6 Å². The van der Waals surface area contributed by atoms with E-state index in [2.05, 4.69) is 5.32 Å². The third-order valence-electron chi connectivity index (χ3n) is 1.97. The molecule has 3 heteroatoms. The molecular formula is C10H19NO2. The van der Waals surface area contributed by atoms with Crippen molar-refractivity contribution < 1.29 is 12.3 Å². The Bertz CT molecular complexity index is 210. The third-order valence-corrected chi connectivity index (χ3v) is 1.97. The Balaban J connectivity index is 3.89. The molecule has 0 aromatic heterocycles. The van der Waals surface area contributed by atoms with Crippen molar-refractivity contribution in [3.8, 4) is 0 Å². The Morgan fingerprint density at radius 3 is 2.62 bits per heavy atom. The zero-order chi connectivity index (χ0) is 11.7. The summed E-state index contributed by atoms with van der Waals surface area (Å²) in [6, 6.07) is -0.315. The molecule has 0 aliphatic heterocycles. The van der Waals surface area contributed by atoms with E-state index in [4.69, 9.17) is 2.74 Å². The highest BCUT2D eigenvalue weighted by Crippen LogP contribution is 2.02. The minimum absolute atomic E-state index is 0.00817. The van der Waals surface area contributed by atoms with Crippen molar-refractivity contribution in [2.75, 3.05) is 7.05 Å². The molecule has 0 aromatic carbocycles. The summed E-state index contributed by atoms with van der Waals surface area (Å²) in [6.45, 7) is 0.210. The maximum Gasteiger partial charge on any atom is 0.149 e. The molecule has 1 unspecified atom stereocenters. The molecule has 0 spiro atoms. The number of ketones is 2. The van der Waals surface area contributed by atoms with Gasteiger partial charge in [0, 0.05) is 22.0 Å². The summed E-state index contributed by atoms with van der Waals surface area (Å²) in [7, 11) is 1.68. The molecule has 0 saturated heterocycles. The van der Waals surface area contributed by atoms with E-state index in [0.29, 0.717) is 12.8 Å². The Morgan fingerprint density at radius 1 is 1.38 bits per heavy atom. The van der Waals surface area contributed by atoms with Crippen molar-refractivity contribution in [3.63, 3.8) is 0 Å². The van der Waals surface area contributed by atoms with Crippen molar-refractivity contribution in [3.05, 3.63) is 0 Å². The van der Waals surface area contributed by atoms with Gasteiger partial charge in [0.15, 0.2) is 0 Å². The van der Waals surface area contributed by atoms with Crippen molar-refractivity contribution in [2.45, 2.75) is 45.5 Å². The fraction of sp³-hybridized carbons (Fsp3) is 0.800. The van der Waals surface area contributed by atoms with Gasteiger partial charge in [0.25, 0.3) is 0 Å². The first-order valence-electron chi connectivity index (χ1n) is 5.87. The fourth-order valence-electron chi connectivity index (χ4n) is 1.07. The van der Waals surface area contributed by atoms with Crippen LogP contribution in [0.15, 0.2) is 0 Å². The lowest BCUT2D eigenvalue weighted by Crippen LogP contribution is -2.34. The minimum atomic E-state index is -0.315. The van der Waals surface area contributed by atoms with Crippen molar-refractivity contribution in [2.24, 2.45) is 0 Å². The predicted octanol–water partition coefficient (Wildman–Crippen LogP) is 1.31. The standard InChI is InChI=1S/C10H19NO2/c1-4-8(12)6-7-9(11-3)10(13)5-2/h9,11H,4-7H2,1-3H3/i1D,2D. The zero-order valence-electron chi connectivity index (χ0n) is 10.1. The first-order chi connectivity index (χ1) is 7.15. The molecule has 0 saturated carbocycles. The summed E-state index contributed by atoms with van der Waals surface area (Å²) in [5.74, 6) is 0.0232. The van der Waals surface area contributed by atoms with Gasteiger partial charge in [-0.3, -0.25) is 9.59 Å². The average Bonchev–Trinajstić information content (AvgIpc) is 2.19. The molecule has 3 nitrogen and oxygen atoms in total. The maximum absolute atomic E-state index is 11.4. The number of carbonyl (C=O) groups is 2. The number of Topliss-reactive ketones (excluding diaryl/α,β-unsaturated/α-hetero) is 2. The second kappa shape index (κ2) is 6.78. The number of hydrogen-bond donors (Lipinski definition) is 1. The number of rotatable bonds is 7. The lowest BCUT2D eigenvalue weighted by molar-refractivity contribution is -0.121. The number of likely N-dealkylation sites (N-methyl/N-ethyl adjacent to an activating group) is 1. The number of hydrogen-bond acceptors (Lipinski definition) is 3. The van der Waals surface area contributed by atoms with Gasteiger partial charge >= 0.3 is 0 Å². The normalized spacial score (nSPS) is 14.5. The van der Waals surface area contributed by atoms with Crippen LogP contribution in [0.4, 0.5) is 0 Å². The predicted molar refractivity (Wildman–Crippen MR) is 52.7 cm³/mol. The second-order valence-electron chi connectivity index (χ2n) is 2.88. The first-order valence-corrected chi connectivity index (χ1v) is 4.45. The summed E-state index contributed by atoms with van der Waals surface area (Å²) in [5.41, 5.74) is 0. The largest absolute Gasteiger partial charge is 0.311 e. The van der Waals surface area contributed by atoms with Gasteiger partial charge in [-0.25, -0.2) is 0 Å². The molecule has 0 amide bonds.